The minimum Gasteiger partial charge on any atom is -0.481 e. The van der Waals surface area contributed by atoms with Gasteiger partial charge in [0.2, 0.25) is 5.91 Å². The van der Waals surface area contributed by atoms with Crippen molar-refractivity contribution in [2.24, 2.45) is 0 Å². The van der Waals surface area contributed by atoms with Crippen molar-refractivity contribution < 1.29 is 19.5 Å². The first-order valence-corrected chi connectivity index (χ1v) is 7.30. The standard InChI is InChI=1S/C12H16N4O4S/c1-7-15-8(6-21-7)5-14-12(20)16-3-2-13-11(19)9(16)4-10(17)18/h6,9H,2-5H2,1H3,(H,13,19)(H,14,20)(H,17,18). The van der Waals surface area contributed by atoms with E-state index < -0.39 is 30.4 Å². The van der Waals surface area contributed by atoms with Crippen LogP contribution in [0.25, 0.3) is 0 Å². The van der Waals surface area contributed by atoms with Gasteiger partial charge in [-0.25, -0.2) is 9.78 Å². The number of piperazine rings is 1. The SMILES string of the molecule is Cc1nc(CNC(=O)N2CCNC(=O)C2CC(=O)O)cs1. The molecule has 1 unspecified atom stereocenters. The third kappa shape index (κ3) is 3.91. The average Bonchev–Trinajstić information content (AvgIpc) is 2.84. The highest BCUT2D eigenvalue weighted by atomic mass is 32.1. The minimum absolute atomic E-state index is 0.251. The molecule has 1 aliphatic rings. The van der Waals surface area contributed by atoms with E-state index in [1.165, 1.54) is 16.2 Å². The molecule has 1 saturated heterocycles. The van der Waals surface area contributed by atoms with Gasteiger partial charge in [-0.05, 0) is 6.92 Å². The maximum Gasteiger partial charge on any atom is 0.318 e. The summed E-state index contributed by atoms with van der Waals surface area (Å²) >= 11 is 1.48. The summed E-state index contributed by atoms with van der Waals surface area (Å²) in [6.45, 7) is 2.72. The average molecular weight is 312 g/mol. The number of hydrogen-bond donors (Lipinski definition) is 3. The highest BCUT2D eigenvalue weighted by Gasteiger charge is 2.34. The van der Waals surface area contributed by atoms with Gasteiger partial charge >= 0.3 is 12.0 Å². The Labute approximate surface area is 125 Å². The number of thiazole rings is 1. The lowest BCUT2D eigenvalue weighted by Gasteiger charge is -2.34. The van der Waals surface area contributed by atoms with E-state index in [-0.39, 0.29) is 13.1 Å². The fourth-order valence-corrected chi connectivity index (χ4v) is 2.70. The third-order valence-electron chi connectivity index (χ3n) is 3.05. The second-order valence-corrected chi connectivity index (χ2v) is 5.68. The largest absolute Gasteiger partial charge is 0.481 e. The highest BCUT2D eigenvalue weighted by Crippen LogP contribution is 2.11. The molecule has 0 saturated carbocycles. The fourth-order valence-electron chi connectivity index (χ4n) is 2.08. The van der Waals surface area contributed by atoms with E-state index in [9.17, 15) is 14.4 Å². The van der Waals surface area contributed by atoms with Gasteiger partial charge in [0.15, 0.2) is 0 Å². The molecule has 0 spiro atoms. The summed E-state index contributed by atoms with van der Waals surface area (Å²) in [6, 6.07) is -1.44. The summed E-state index contributed by atoms with van der Waals surface area (Å²) < 4.78 is 0. The Morgan fingerprint density at radius 3 is 3.00 bits per heavy atom. The maximum absolute atomic E-state index is 12.1. The molecule has 3 amide bonds. The number of aromatic nitrogens is 1. The van der Waals surface area contributed by atoms with Crippen molar-refractivity contribution >= 4 is 29.2 Å². The lowest BCUT2D eigenvalue weighted by Crippen LogP contribution is -2.59. The predicted octanol–water partition coefficient (Wildman–Crippen LogP) is -0.0638. The van der Waals surface area contributed by atoms with Crippen molar-refractivity contribution in [2.45, 2.75) is 25.9 Å². The normalized spacial score (nSPS) is 18.2. The minimum atomic E-state index is -1.12. The van der Waals surface area contributed by atoms with Crippen molar-refractivity contribution in [3.05, 3.63) is 16.1 Å². The third-order valence-corrected chi connectivity index (χ3v) is 3.87. The van der Waals surface area contributed by atoms with Crippen LogP contribution >= 0.6 is 11.3 Å². The van der Waals surface area contributed by atoms with E-state index in [1.54, 1.807) is 0 Å². The molecule has 0 bridgehead atoms. The molecule has 2 heterocycles. The Morgan fingerprint density at radius 1 is 1.62 bits per heavy atom. The van der Waals surface area contributed by atoms with Crippen molar-refractivity contribution in [3.63, 3.8) is 0 Å². The van der Waals surface area contributed by atoms with Crippen LogP contribution in [0.15, 0.2) is 5.38 Å². The summed E-state index contributed by atoms with van der Waals surface area (Å²) in [6.07, 6.45) is -0.408. The van der Waals surface area contributed by atoms with Gasteiger partial charge < -0.3 is 20.6 Å². The maximum atomic E-state index is 12.1. The first kappa shape index (κ1) is 15.2. The number of hydrogen-bond acceptors (Lipinski definition) is 5. The molecule has 1 aromatic rings. The number of amides is 3. The van der Waals surface area contributed by atoms with Gasteiger partial charge in [0.25, 0.3) is 0 Å². The van der Waals surface area contributed by atoms with E-state index in [2.05, 4.69) is 15.6 Å². The number of nitrogens with zero attached hydrogens (tertiary/aromatic N) is 2. The van der Waals surface area contributed by atoms with Crippen LogP contribution in [0.1, 0.15) is 17.1 Å². The van der Waals surface area contributed by atoms with Gasteiger partial charge in [-0.3, -0.25) is 9.59 Å². The summed E-state index contributed by atoms with van der Waals surface area (Å²) in [5.41, 5.74) is 0.738. The molecule has 0 aromatic carbocycles. The van der Waals surface area contributed by atoms with Crippen LogP contribution in [-0.2, 0) is 16.1 Å². The molecule has 1 aromatic heterocycles. The zero-order chi connectivity index (χ0) is 15.4. The molecule has 8 nitrogen and oxygen atoms in total. The lowest BCUT2D eigenvalue weighted by molar-refractivity contribution is -0.142. The first-order valence-electron chi connectivity index (χ1n) is 6.42. The first-order chi connectivity index (χ1) is 9.97. The van der Waals surface area contributed by atoms with Crippen LogP contribution in [-0.4, -0.2) is 52.0 Å². The van der Waals surface area contributed by atoms with Gasteiger partial charge in [-0.1, -0.05) is 0 Å². The summed E-state index contributed by atoms with van der Waals surface area (Å²) in [4.78, 5) is 40.1. The van der Waals surface area contributed by atoms with Gasteiger partial charge in [-0.15, -0.1) is 11.3 Å². The number of rotatable bonds is 4. The van der Waals surface area contributed by atoms with Gasteiger partial charge in [0.05, 0.1) is 23.7 Å². The summed E-state index contributed by atoms with van der Waals surface area (Å²) in [7, 11) is 0. The van der Waals surface area contributed by atoms with E-state index >= 15 is 0 Å². The van der Waals surface area contributed by atoms with E-state index in [1.807, 2.05) is 12.3 Å². The Bertz CT molecular complexity index is 559. The number of carboxylic acid groups (broad SMARTS) is 1. The number of urea groups is 1. The molecule has 0 radical (unpaired) electrons. The van der Waals surface area contributed by atoms with Crippen molar-refractivity contribution in [1.29, 1.82) is 0 Å². The molecule has 0 aliphatic carbocycles. The van der Waals surface area contributed by atoms with Crippen LogP contribution in [0.5, 0.6) is 0 Å². The lowest BCUT2D eigenvalue weighted by atomic mass is 10.1. The fraction of sp³-hybridized carbons (Fsp3) is 0.500. The zero-order valence-corrected chi connectivity index (χ0v) is 12.3. The second-order valence-electron chi connectivity index (χ2n) is 4.61. The zero-order valence-electron chi connectivity index (χ0n) is 11.5. The number of aliphatic carboxylic acids is 1. The quantitative estimate of drug-likeness (QED) is 0.721. The molecule has 1 atom stereocenters. The van der Waals surface area contributed by atoms with Crippen LogP contribution in [0, 0.1) is 6.92 Å². The molecule has 9 heteroatoms. The Morgan fingerprint density at radius 2 is 2.38 bits per heavy atom. The van der Waals surface area contributed by atoms with E-state index in [0.29, 0.717) is 6.54 Å². The number of carbonyl (C=O) groups is 3. The van der Waals surface area contributed by atoms with Crippen molar-refractivity contribution in [3.8, 4) is 0 Å². The second kappa shape index (κ2) is 6.53. The van der Waals surface area contributed by atoms with Crippen molar-refractivity contribution in [1.82, 2.24) is 20.5 Å². The van der Waals surface area contributed by atoms with Gasteiger partial charge in [-0.2, -0.15) is 0 Å². The summed E-state index contributed by atoms with van der Waals surface area (Å²) in [5, 5.41) is 16.8. The number of carbonyl (C=O) groups excluding carboxylic acids is 2. The highest BCUT2D eigenvalue weighted by molar-refractivity contribution is 7.09. The number of carboxylic acids is 1. The van der Waals surface area contributed by atoms with Crippen LogP contribution in [0.3, 0.4) is 0 Å². The Kier molecular flexibility index (Phi) is 4.73. The topological polar surface area (TPSA) is 112 Å². The Balaban J connectivity index is 1.98. The molecule has 3 N–H and O–H groups in total. The number of nitrogens with one attached hydrogen (secondary N) is 2. The van der Waals surface area contributed by atoms with Gasteiger partial charge in [0.1, 0.15) is 6.04 Å². The smallest absolute Gasteiger partial charge is 0.318 e. The van der Waals surface area contributed by atoms with Crippen LogP contribution in [0.2, 0.25) is 0 Å². The van der Waals surface area contributed by atoms with Crippen LogP contribution in [0.4, 0.5) is 4.79 Å². The van der Waals surface area contributed by atoms with Crippen LogP contribution < -0.4 is 10.6 Å². The molecule has 1 aliphatic heterocycles. The number of aryl methyl sites for hydroxylation is 1. The molecule has 114 valence electrons. The molecular formula is C12H16N4O4S. The Hall–Kier alpha value is -2.16. The molecule has 1 fully saturated rings. The van der Waals surface area contributed by atoms with Gasteiger partial charge in [0, 0.05) is 18.5 Å². The monoisotopic (exact) mass is 312 g/mol. The van der Waals surface area contributed by atoms with Crippen molar-refractivity contribution in [2.75, 3.05) is 13.1 Å². The molecule has 21 heavy (non-hydrogen) atoms. The molecule has 2 rings (SSSR count). The predicted molar refractivity (Wildman–Crippen MR) is 74.8 cm³/mol. The molecular weight excluding hydrogens is 296 g/mol. The summed E-state index contributed by atoms with van der Waals surface area (Å²) in [5.74, 6) is -1.56. The van der Waals surface area contributed by atoms with E-state index in [4.69, 9.17) is 5.11 Å². The van der Waals surface area contributed by atoms with E-state index in [0.717, 1.165) is 10.7 Å².